The van der Waals surface area contributed by atoms with Crippen LogP contribution in [0.1, 0.15) is 16.1 Å². The molecule has 2 heterocycles. The van der Waals surface area contributed by atoms with Crippen LogP contribution in [0.3, 0.4) is 0 Å². The maximum atomic E-state index is 13.6. The number of hydrogen-bond acceptors (Lipinski definition) is 3. The van der Waals surface area contributed by atoms with Gasteiger partial charge in [-0.05, 0) is 23.8 Å². The fraction of sp³-hybridized carbons (Fsp3) is 0.172. The summed E-state index contributed by atoms with van der Waals surface area (Å²) in [6, 6.07) is 32.1. The zero-order chi connectivity index (χ0) is 23.2. The number of carbonyl (C=O) groups excluding carboxylic acids is 1. The predicted octanol–water partition coefficient (Wildman–Crippen LogP) is 5.01. The molecule has 5 rings (SSSR count). The highest BCUT2D eigenvalue weighted by atomic mass is 16.2. The number of rotatable bonds is 6. The molecule has 4 aromatic rings. The van der Waals surface area contributed by atoms with E-state index in [-0.39, 0.29) is 5.91 Å². The molecule has 1 aliphatic rings. The number of aromatic nitrogens is 2. The first-order valence-corrected chi connectivity index (χ1v) is 11.7. The Morgan fingerprint density at radius 3 is 2.09 bits per heavy atom. The maximum absolute atomic E-state index is 13.6. The van der Waals surface area contributed by atoms with Gasteiger partial charge >= 0.3 is 0 Å². The summed E-state index contributed by atoms with van der Waals surface area (Å²) in [4.78, 5) is 17.9. The highest BCUT2D eigenvalue weighted by Gasteiger charge is 2.26. The lowest BCUT2D eigenvalue weighted by Gasteiger charge is -2.34. The minimum Gasteiger partial charge on any atom is -0.335 e. The summed E-state index contributed by atoms with van der Waals surface area (Å²) < 4.78 is 1.78. The molecule has 0 unspecified atom stereocenters. The Morgan fingerprint density at radius 1 is 0.794 bits per heavy atom. The molecule has 0 atom stereocenters. The number of hydrogen-bond donors (Lipinski definition) is 0. The average Bonchev–Trinajstić information content (AvgIpc) is 3.36. The number of carbonyl (C=O) groups is 1. The van der Waals surface area contributed by atoms with Crippen molar-refractivity contribution in [3.05, 3.63) is 114 Å². The third-order valence-corrected chi connectivity index (χ3v) is 6.13. The molecule has 0 spiro atoms. The number of nitrogens with zero attached hydrogens (tertiary/aromatic N) is 4. The van der Waals surface area contributed by atoms with Crippen molar-refractivity contribution in [2.75, 3.05) is 32.7 Å². The Morgan fingerprint density at radius 2 is 1.41 bits per heavy atom. The molecule has 0 radical (unpaired) electrons. The fourth-order valence-electron chi connectivity index (χ4n) is 4.25. The number of benzene rings is 3. The molecule has 1 amide bonds. The Hall–Kier alpha value is -3.96. The van der Waals surface area contributed by atoms with Gasteiger partial charge in [0.05, 0.1) is 11.4 Å². The molecule has 5 heteroatoms. The van der Waals surface area contributed by atoms with Gasteiger partial charge in [0.2, 0.25) is 0 Å². The van der Waals surface area contributed by atoms with E-state index in [0.717, 1.165) is 36.6 Å². The summed E-state index contributed by atoms with van der Waals surface area (Å²) in [7, 11) is 0. The summed E-state index contributed by atoms with van der Waals surface area (Å²) in [5.41, 5.74) is 4.50. The first-order chi connectivity index (χ1) is 16.8. The quantitative estimate of drug-likeness (QED) is 0.416. The Labute approximate surface area is 200 Å². The van der Waals surface area contributed by atoms with Crippen molar-refractivity contribution in [1.82, 2.24) is 19.6 Å². The van der Waals surface area contributed by atoms with Crippen LogP contribution in [0.2, 0.25) is 0 Å². The van der Waals surface area contributed by atoms with Crippen LogP contribution in [0.15, 0.2) is 103 Å². The average molecular weight is 449 g/mol. The largest absolute Gasteiger partial charge is 0.335 e. The van der Waals surface area contributed by atoms with E-state index < -0.39 is 0 Å². The lowest BCUT2D eigenvalue weighted by Crippen LogP contribution is -2.49. The molecule has 1 aromatic heterocycles. The summed E-state index contributed by atoms with van der Waals surface area (Å²) in [5, 5.41) is 4.80. The van der Waals surface area contributed by atoms with E-state index in [4.69, 9.17) is 5.10 Å². The molecule has 1 fully saturated rings. The molecule has 0 N–H and O–H groups in total. The van der Waals surface area contributed by atoms with Crippen molar-refractivity contribution >= 4 is 12.0 Å². The molecule has 0 saturated carbocycles. The first kappa shape index (κ1) is 21.9. The Kier molecular flexibility index (Phi) is 6.64. The van der Waals surface area contributed by atoms with Crippen molar-refractivity contribution in [2.24, 2.45) is 0 Å². The number of piperazine rings is 1. The smallest absolute Gasteiger partial charge is 0.272 e. The van der Waals surface area contributed by atoms with E-state index in [0.29, 0.717) is 18.8 Å². The highest BCUT2D eigenvalue weighted by molar-refractivity contribution is 5.94. The Bertz CT molecular complexity index is 1240. The molecule has 1 aliphatic heterocycles. The van der Waals surface area contributed by atoms with E-state index >= 15 is 0 Å². The van der Waals surface area contributed by atoms with E-state index in [1.54, 1.807) is 4.68 Å². The van der Waals surface area contributed by atoms with Gasteiger partial charge in [-0.25, -0.2) is 4.68 Å². The lowest BCUT2D eigenvalue weighted by atomic mass is 10.1. The number of amides is 1. The van der Waals surface area contributed by atoms with Gasteiger partial charge in [-0.2, -0.15) is 5.10 Å². The standard InChI is InChI=1S/C29H28N4O/c34-29(32-21-19-31(20-22-32)18-10-13-24-11-4-1-5-12-24)28-23-27(25-14-6-2-7-15-25)30-33(28)26-16-8-3-9-17-26/h1-17,23H,18-22H2. The zero-order valence-electron chi connectivity index (χ0n) is 19.1. The summed E-state index contributed by atoms with van der Waals surface area (Å²) >= 11 is 0. The lowest BCUT2D eigenvalue weighted by molar-refractivity contribution is 0.0641. The monoisotopic (exact) mass is 448 g/mol. The van der Waals surface area contributed by atoms with Crippen LogP contribution in [0, 0.1) is 0 Å². The van der Waals surface area contributed by atoms with Gasteiger partial charge in [-0.15, -0.1) is 0 Å². The van der Waals surface area contributed by atoms with Gasteiger partial charge in [0.25, 0.3) is 5.91 Å². The Balaban J connectivity index is 1.30. The van der Waals surface area contributed by atoms with Gasteiger partial charge in [0.1, 0.15) is 5.69 Å². The third kappa shape index (κ3) is 5.00. The second-order valence-electron chi connectivity index (χ2n) is 8.43. The third-order valence-electron chi connectivity index (χ3n) is 6.13. The molecular formula is C29H28N4O. The maximum Gasteiger partial charge on any atom is 0.272 e. The minimum atomic E-state index is 0.0259. The molecule has 0 aliphatic carbocycles. The van der Waals surface area contributed by atoms with Gasteiger partial charge in [0, 0.05) is 38.3 Å². The SMILES string of the molecule is O=C(c1cc(-c2ccccc2)nn1-c1ccccc1)N1CCN(CC=Cc2ccccc2)CC1. The van der Waals surface area contributed by atoms with Crippen molar-refractivity contribution in [3.8, 4) is 16.9 Å². The topological polar surface area (TPSA) is 41.4 Å². The van der Waals surface area contributed by atoms with Crippen molar-refractivity contribution < 1.29 is 4.79 Å². The molecule has 3 aromatic carbocycles. The molecule has 170 valence electrons. The highest BCUT2D eigenvalue weighted by Crippen LogP contribution is 2.23. The second-order valence-corrected chi connectivity index (χ2v) is 8.43. The summed E-state index contributed by atoms with van der Waals surface area (Å²) in [6.07, 6.45) is 4.35. The molecule has 5 nitrogen and oxygen atoms in total. The van der Waals surface area contributed by atoms with Crippen molar-refractivity contribution in [2.45, 2.75) is 0 Å². The summed E-state index contributed by atoms with van der Waals surface area (Å²) in [6.45, 7) is 4.01. The van der Waals surface area contributed by atoms with E-state index in [1.165, 1.54) is 5.56 Å². The van der Waals surface area contributed by atoms with E-state index in [1.807, 2.05) is 89.8 Å². The van der Waals surface area contributed by atoms with Crippen molar-refractivity contribution in [3.63, 3.8) is 0 Å². The van der Waals surface area contributed by atoms with Crippen LogP contribution >= 0.6 is 0 Å². The molecular weight excluding hydrogens is 420 g/mol. The van der Waals surface area contributed by atoms with E-state index in [9.17, 15) is 4.79 Å². The van der Waals surface area contributed by atoms with E-state index in [2.05, 4.69) is 29.2 Å². The van der Waals surface area contributed by atoms with Gasteiger partial charge in [-0.1, -0.05) is 91.0 Å². The van der Waals surface area contributed by atoms with Crippen LogP contribution < -0.4 is 0 Å². The van der Waals surface area contributed by atoms with Crippen LogP contribution in [-0.4, -0.2) is 58.2 Å². The van der Waals surface area contributed by atoms with Crippen LogP contribution in [0.25, 0.3) is 23.0 Å². The first-order valence-electron chi connectivity index (χ1n) is 11.7. The molecule has 0 bridgehead atoms. The fourth-order valence-corrected chi connectivity index (χ4v) is 4.25. The second kappa shape index (κ2) is 10.3. The van der Waals surface area contributed by atoms with Crippen LogP contribution in [-0.2, 0) is 0 Å². The molecule has 34 heavy (non-hydrogen) atoms. The van der Waals surface area contributed by atoms with Crippen LogP contribution in [0.4, 0.5) is 0 Å². The van der Waals surface area contributed by atoms with Gasteiger partial charge in [0.15, 0.2) is 0 Å². The molecule has 1 saturated heterocycles. The zero-order valence-corrected chi connectivity index (χ0v) is 19.1. The van der Waals surface area contributed by atoms with Gasteiger partial charge < -0.3 is 4.90 Å². The van der Waals surface area contributed by atoms with Gasteiger partial charge in [-0.3, -0.25) is 9.69 Å². The summed E-state index contributed by atoms with van der Waals surface area (Å²) in [5.74, 6) is 0.0259. The van der Waals surface area contributed by atoms with Crippen LogP contribution in [0.5, 0.6) is 0 Å². The van der Waals surface area contributed by atoms with Crippen molar-refractivity contribution in [1.29, 1.82) is 0 Å². The number of para-hydroxylation sites is 1. The predicted molar refractivity (Wildman–Crippen MR) is 137 cm³/mol. The normalized spacial score (nSPS) is 14.5. The minimum absolute atomic E-state index is 0.0259.